The second-order valence-corrected chi connectivity index (χ2v) is 6.52. The van der Waals surface area contributed by atoms with Gasteiger partial charge < -0.3 is 41.7 Å². The fraction of sp³-hybridized carbons (Fsp3) is 1.00. The summed E-state index contributed by atoms with van der Waals surface area (Å²) in [6, 6.07) is -1.68. The van der Waals surface area contributed by atoms with Crippen LogP contribution in [0, 0.1) is 0 Å². The number of hydrogen-bond acceptors (Lipinski definition) is 10. The van der Waals surface area contributed by atoms with E-state index >= 15 is 0 Å². The molecule has 10 nitrogen and oxygen atoms in total. The molecule has 2 fully saturated rings. The van der Waals surface area contributed by atoms with Crippen molar-refractivity contribution in [2.24, 2.45) is 11.5 Å². The van der Waals surface area contributed by atoms with E-state index in [0.29, 0.717) is 0 Å². The van der Waals surface area contributed by atoms with E-state index in [9.17, 15) is 20.4 Å². The molecule has 21 heavy (non-hydrogen) atoms. The van der Waals surface area contributed by atoms with Gasteiger partial charge in [-0.05, 0) is 15.0 Å². The summed E-state index contributed by atoms with van der Waals surface area (Å²) in [7, 11) is -0.346. The van der Waals surface area contributed by atoms with E-state index in [2.05, 4.69) is 0 Å². The lowest BCUT2D eigenvalue weighted by Crippen LogP contribution is -2.64. The van der Waals surface area contributed by atoms with E-state index in [0.717, 1.165) is 5.06 Å². The summed E-state index contributed by atoms with van der Waals surface area (Å²) in [4.78, 5) is 5.38. The Morgan fingerprint density at radius 2 is 1.86 bits per heavy atom. The van der Waals surface area contributed by atoms with Crippen molar-refractivity contribution in [2.75, 3.05) is 6.61 Å². The number of hydrogen-bond donors (Lipinski definition) is 7. The van der Waals surface area contributed by atoms with Gasteiger partial charge in [-0.15, -0.1) is 5.06 Å². The molecule has 2 aliphatic rings. The largest absolute Gasteiger partial charge is 0.394 e. The van der Waals surface area contributed by atoms with E-state index in [4.69, 9.17) is 26.1 Å². The van der Waals surface area contributed by atoms with Gasteiger partial charge in [-0.1, -0.05) is 0 Å². The van der Waals surface area contributed by atoms with Crippen LogP contribution in [0.15, 0.2) is 0 Å². The van der Waals surface area contributed by atoms with Crippen molar-refractivity contribution in [1.82, 2.24) is 5.06 Å². The van der Waals surface area contributed by atoms with E-state index < -0.39 is 55.2 Å². The van der Waals surface area contributed by atoms with Crippen LogP contribution in [-0.2, 0) is 9.57 Å². The third kappa shape index (κ3) is 3.69. The molecule has 0 aromatic carbocycles. The monoisotopic (exact) mass is 327 g/mol. The highest BCUT2D eigenvalue weighted by Crippen LogP contribution is 2.37. The van der Waals surface area contributed by atoms with Gasteiger partial charge in [-0.3, -0.25) is 4.84 Å². The number of ether oxygens (including phenoxy) is 1. The zero-order valence-electron chi connectivity index (χ0n) is 11.2. The molecule has 0 aromatic rings. The van der Waals surface area contributed by atoms with Gasteiger partial charge in [0, 0.05) is 6.04 Å². The first kappa shape index (κ1) is 17.4. The van der Waals surface area contributed by atoms with Gasteiger partial charge >= 0.3 is 0 Å². The summed E-state index contributed by atoms with van der Waals surface area (Å²) in [6.07, 6.45) is -5.45. The Morgan fingerprint density at radius 1 is 1.19 bits per heavy atom. The predicted octanol–water partition coefficient (Wildman–Crippen LogP) is -4.05. The molecule has 0 amide bonds. The quantitative estimate of drug-likeness (QED) is 0.253. The Hall–Kier alpha value is 0.0300. The van der Waals surface area contributed by atoms with Gasteiger partial charge in [0.05, 0.1) is 12.8 Å². The fourth-order valence-electron chi connectivity index (χ4n) is 2.27. The average Bonchev–Trinajstić information content (AvgIpc) is 2.44. The van der Waals surface area contributed by atoms with Crippen molar-refractivity contribution in [3.8, 4) is 0 Å². The maximum absolute atomic E-state index is 9.93. The van der Waals surface area contributed by atoms with Crippen LogP contribution in [0.2, 0.25) is 0 Å². The van der Waals surface area contributed by atoms with Crippen LogP contribution in [0.1, 0.15) is 6.42 Å². The third-order valence-corrected chi connectivity index (χ3v) is 4.75. The van der Waals surface area contributed by atoms with Gasteiger partial charge in [0.25, 0.3) is 0 Å². The van der Waals surface area contributed by atoms with Crippen LogP contribution in [0.5, 0.6) is 0 Å². The highest BCUT2D eigenvalue weighted by molar-refractivity contribution is 7.39. The minimum absolute atomic E-state index is 0.197. The molecule has 6 unspecified atom stereocenters. The average molecular weight is 327 g/mol. The zero-order chi connectivity index (χ0) is 15.7. The second-order valence-electron chi connectivity index (χ2n) is 5.13. The molecule has 9 N–H and O–H groups in total. The summed E-state index contributed by atoms with van der Waals surface area (Å²) in [5.74, 6) is -1.12. The van der Waals surface area contributed by atoms with Crippen molar-refractivity contribution >= 4 is 8.58 Å². The molecular formula is C10H22N3O7P. The van der Waals surface area contributed by atoms with Crippen LogP contribution in [0.4, 0.5) is 0 Å². The fourth-order valence-corrected chi connectivity index (χ4v) is 3.39. The van der Waals surface area contributed by atoms with E-state index in [-0.39, 0.29) is 15.0 Å². The Kier molecular flexibility index (Phi) is 5.85. The topological polar surface area (TPSA) is 175 Å². The predicted molar refractivity (Wildman–Crippen MR) is 71.6 cm³/mol. The molecule has 0 spiro atoms. The summed E-state index contributed by atoms with van der Waals surface area (Å²) >= 11 is 0. The molecular weight excluding hydrogens is 305 g/mol. The van der Waals surface area contributed by atoms with Crippen LogP contribution >= 0.6 is 8.58 Å². The number of nitrogens with two attached hydrogens (primary N) is 2. The number of piperidine rings is 1. The lowest BCUT2D eigenvalue weighted by molar-refractivity contribution is -0.352. The second kappa shape index (κ2) is 7.07. The molecule has 0 bridgehead atoms. The highest BCUT2D eigenvalue weighted by Gasteiger charge is 2.43. The standard InChI is InChI=1S/C10H22N3O7P/c11-3-1-5(12)13(8(17)6(3)15)20-10-19-4(2-14)7(16)9(18)21-10/h3-10,14-18,21H,1-2,11-12H2/t3?,4?,5?,6?,7?,8-,9+,10+/m0/s1. The SMILES string of the molecule is NC1CC(N)N(O[C@H]2OC(CO)C(O)[C@H](O)P2)[C@@H](O)C1O. The Labute approximate surface area is 123 Å². The first-order chi connectivity index (χ1) is 9.85. The van der Waals surface area contributed by atoms with Crippen LogP contribution in [0.25, 0.3) is 0 Å². The highest BCUT2D eigenvalue weighted by atomic mass is 31.1. The Bertz CT molecular complexity index is 355. The first-order valence-electron chi connectivity index (χ1n) is 6.56. The minimum atomic E-state index is -1.44. The maximum atomic E-state index is 9.93. The Morgan fingerprint density at radius 3 is 2.48 bits per heavy atom. The third-order valence-electron chi connectivity index (χ3n) is 3.55. The van der Waals surface area contributed by atoms with Gasteiger partial charge in [0.1, 0.15) is 24.2 Å². The number of rotatable bonds is 3. The smallest absolute Gasteiger partial charge is 0.195 e. The molecule has 0 saturated carbocycles. The van der Waals surface area contributed by atoms with Gasteiger partial charge in [-0.2, -0.15) is 0 Å². The van der Waals surface area contributed by atoms with Crippen molar-refractivity contribution < 1.29 is 35.1 Å². The lowest BCUT2D eigenvalue weighted by atomic mass is 10.0. The van der Waals surface area contributed by atoms with Gasteiger partial charge in [0.15, 0.2) is 12.3 Å². The molecule has 11 heteroatoms. The number of nitrogens with zero attached hydrogens (tertiary/aromatic N) is 1. The number of hydroxylamine groups is 2. The van der Waals surface area contributed by atoms with Gasteiger partial charge in [0.2, 0.25) is 0 Å². The van der Waals surface area contributed by atoms with Crippen LogP contribution < -0.4 is 11.5 Å². The molecule has 2 heterocycles. The minimum Gasteiger partial charge on any atom is -0.394 e. The van der Waals surface area contributed by atoms with Crippen LogP contribution in [0.3, 0.4) is 0 Å². The molecule has 2 aliphatic heterocycles. The normalized spacial score (nSPS) is 50.4. The lowest BCUT2D eigenvalue weighted by Gasteiger charge is -2.44. The van der Waals surface area contributed by atoms with Gasteiger partial charge in [-0.25, -0.2) is 0 Å². The molecule has 0 radical (unpaired) electrons. The van der Waals surface area contributed by atoms with Crippen LogP contribution in [-0.4, -0.2) is 85.8 Å². The van der Waals surface area contributed by atoms with Crippen molar-refractivity contribution in [3.05, 3.63) is 0 Å². The zero-order valence-corrected chi connectivity index (χ0v) is 12.2. The number of aliphatic hydroxyl groups excluding tert-OH is 5. The first-order valence-corrected chi connectivity index (χ1v) is 7.71. The van der Waals surface area contributed by atoms with Crippen molar-refractivity contribution in [2.45, 2.75) is 55.0 Å². The summed E-state index contributed by atoms with van der Waals surface area (Å²) in [5, 5.41) is 49.0. The Balaban J connectivity index is 2.00. The van der Waals surface area contributed by atoms with Crippen molar-refractivity contribution in [1.29, 1.82) is 0 Å². The van der Waals surface area contributed by atoms with E-state index in [1.165, 1.54) is 0 Å². The maximum Gasteiger partial charge on any atom is 0.195 e. The molecule has 124 valence electrons. The molecule has 2 rings (SSSR count). The summed E-state index contributed by atoms with van der Waals surface area (Å²) in [5.41, 5.74) is 11.4. The van der Waals surface area contributed by atoms with Crippen molar-refractivity contribution in [3.63, 3.8) is 0 Å². The molecule has 9 atom stereocenters. The molecule has 2 saturated heterocycles. The van der Waals surface area contributed by atoms with E-state index in [1.54, 1.807) is 0 Å². The molecule has 0 aromatic heterocycles. The molecule has 0 aliphatic carbocycles. The number of aliphatic hydroxyl groups is 5. The van der Waals surface area contributed by atoms with E-state index in [1.807, 2.05) is 0 Å². The summed E-state index contributed by atoms with van der Waals surface area (Å²) < 4.78 is 5.29. The summed E-state index contributed by atoms with van der Waals surface area (Å²) in [6.45, 7) is -0.495.